The lowest BCUT2D eigenvalue weighted by Crippen LogP contribution is -2.26. The van der Waals surface area contributed by atoms with Crippen molar-refractivity contribution in [1.29, 1.82) is 0 Å². The van der Waals surface area contributed by atoms with E-state index in [2.05, 4.69) is 0 Å². The van der Waals surface area contributed by atoms with Gasteiger partial charge in [-0.15, -0.1) is 0 Å². The molecule has 1 aromatic carbocycles. The Balaban J connectivity index is 2.07. The number of carboxylic acids is 1. The SMILES string of the molecule is O=C(O)C(Cc1ccccc1)CS(=O)(=O)Cc1ccco1. The molecule has 0 aliphatic carbocycles. The quantitative estimate of drug-likeness (QED) is 0.847. The first-order valence-corrected chi connectivity index (χ1v) is 8.28. The van der Waals surface area contributed by atoms with Gasteiger partial charge in [0.15, 0.2) is 9.84 Å². The predicted octanol–water partition coefficient (Wildman–Crippen LogP) is 2.14. The molecule has 0 bridgehead atoms. The van der Waals surface area contributed by atoms with Gasteiger partial charge in [0.1, 0.15) is 11.5 Å². The Kier molecular flexibility index (Phi) is 4.80. The van der Waals surface area contributed by atoms with E-state index in [1.165, 1.54) is 6.26 Å². The highest BCUT2D eigenvalue weighted by molar-refractivity contribution is 7.90. The van der Waals surface area contributed by atoms with Crippen LogP contribution >= 0.6 is 0 Å². The molecule has 21 heavy (non-hydrogen) atoms. The Hall–Kier alpha value is -2.08. The zero-order valence-electron chi connectivity index (χ0n) is 11.3. The molecular weight excluding hydrogens is 292 g/mol. The summed E-state index contributed by atoms with van der Waals surface area (Å²) in [4.78, 5) is 11.3. The topological polar surface area (TPSA) is 84.6 Å². The van der Waals surface area contributed by atoms with E-state index in [9.17, 15) is 18.3 Å². The van der Waals surface area contributed by atoms with Crippen LogP contribution in [0.2, 0.25) is 0 Å². The lowest BCUT2D eigenvalue weighted by atomic mass is 10.0. The summed E-state index contributed by atoms with van der Waals surface area (Å²) in [6.45, 7) is 0. The molecule has 0 radical (unpaired) electrons. The summed E-state index contributed by atoms with van der Waals surface area (Å²) in [5.41, 5.74) is 0.804. The molecule has 2 aromatic rings. The third-order valence-electron chi connectivity index (χ3n) is 3.07. The lowest BCUT2D eigenvalue weighted by Gasteiger charge is -2.12. The lowest BCUT2D eigenvalue weighted by molar-refractivity contribution is -0.140. The van der Waals surface area contributed by atoms with Gasteiger partial charge in [-0.3, -0.25) is 4.79 Å². The summed E-state index contributed by atoms with van der Waals surface area (Å²) < 4.78 is 29.2. The van der Waals surface area contributed by atoms with Crippen molar-refractivity contribution in [3.05, 3.63) is 60.1 Å². The van der Waals surface area contributed by atoms with Crippen molar-refractivity contribution >= 4 is 15.8 Å². The highest BCUT2D eigenvalue weighted by Crippen LogP contribution is 2.15. The van der Waals surface area contributed by atoms with Gasteiger partial charge >= 0.3 is 5.97 Å². The summed E-state index contributed by atoms with van der Waals surface area (Å²) >= 11 is 0. The van der Waals surface area contributed by atoms with Crippen molar-refractivity contribution in [2.24, 2.45) is 5.92 Å². The molecule has 1 atom stereocenters. The number of hydrogen-bond acceptors (Lipinski definition) is 4. The Morgan fingerprint density at radius 1 is 1.14 bits per heavy atom. The van der Waals surface area contributed by atoms with E-state index in [0.717, 1.165) is 5.56 Å². The third-order valence-corrected chi connectivity index (χ3v) is 4.71. The van der Waals surface area contributed by atoms with Crippen LogP contribution in [0, 0.1) is 5.92 Å². The van der Waals surface area contributed by atoms with Gasteiger partial charge in [-0.2, -0.15) is 0 Å². The van der Waals surface area contributed by atoms with Crippen molar-refractivity contribution in [3.8, 4) is 0 Å². The van der Waals surface area contributed by atoms with E-state index in [0.29, 0.717) is 5.76 Å². The van der Waals surface area contributed by atoms with Gasteiger partial charge in [0.2, 0.25) is 0 Å². The van der Waals surface area contributed by atoms with Crippen LogP contribution in [0.25, 0.3) is 0 Å². The molecule has 1 aromatic heterocycles. The highest BCUT2D eigenvalue weighted by atomic mass is 32.2. The number of carboxylic acid groups (broad SMARTS) is 1. The molecule has 1 unspecified atom stereocenters. The second-order valence-electron chi connectivity index (χ2n) is 4.86. The largest absolute Gasteiger partial charge is 0.481 e. The van der Waals surface area contributed by atoms with Gasteiger partial charge in [-0.1, -0.05) is 30.3 Å². The maximum atomic E-state index is 12.1. The Bertz CT molecular complexity index is 674. The van der Waals surface area contributed by atoms with E-state index < -0.39 is 27.5 Å². The maximum absolute atomic E-state index is 12.1. The number of aliphatic carboxylic acids is 1. The molecular formula is C15H16O5S. The fourth-order valence-corrected chi connectivity index (χ4v) is 3.68. The molecule has 0 aliphatic heterocycles. The van der Waals surface area contributed by atoms with Crippen LogP contribution in [0.1, 0.15) is 11.3 Å². The average molecular weight is 308 g/mol. The summed E-state index contributed by atoms with van der Waals surface area (Å²) in [6.07, 6.45) is 1.58. The smallest absolute Gasteiger partial charge is 0.307 e. The van der Waals surface area contributed by atoms with Gasteiger partial charge in [-0.05, 0) is 24.1 Å². The maximum Gasteiger partial charge on any atom is 0.307 e. The van der Waals surface area contributed by atoms with Gasteiger partial charge in [0.25, 0.3) is 0 Å². The first-order chi connectivity index (χ1) is 9.96. The van der Waals surface area contributed by atoms with Crippen LogP contribution < -0.4 is 0 Å². The van der Waals surface area contributed by atoms with Crippen LogP contribution in [0.4, 0.5) is 0 Å². The van der Waals surface area contributed by atoms with Crippen molar-refractivity contribution < 1.29 is 22.7 Å². The summed E-state index contributed by atoms with van der Waals surface area (Å²) in [5.74, 6) is -2.44. The Morgan fingerprint density at radius 2 is 1.86 bits per heavy atom. The second kappa shape index (κ2) is 6.58. The van der Waals surface area contributed by atoms with Crippen molar-refractivity contribution in [3.63, 3.8) is 0 Å². The van der Waals surface area contributed by atoms with E-state index in [-0.39, 0.29) is 12.2 Å². The number of furan rings is 1. The summed E-state index contributed by atoms with van der Waals surface area (Å²) in [7, 11) is -3.54. The van der Waals surface area contributed by atoms with E-state index in [1.807, 2.05) is 6.07 Å². The first kappa shape index (κ1) is 15.3. The van der Waals surface area contributed by atoms with Crippen LogP contribution in [0.5, 0.6) is 0 Å². The minimum Gasteiger partial charge on any atom is -0.481 e. The first-order valence-electron chi connectivity index (χ1n) is 6.46. The molecule has 1 N–H and O–H groups in total. The number of benzene rings is 1. The van der Waals surface area contributed by atoms with Gasteiger partial charge in [-0.25, -0.2) is 8.42 Å². The molecule has 0 saturated heterocycles. The van der Waals surface area contributed by atoms with Gasteiger partial charge in [0.05, 0.1) is 17.9 Å². The molecule has 0 aliphatic rings. The van der Waals surface area contributed by atoms with E-state index >= 15 is 0 Å². The zero-order chi connectivity index (χ0) is 15.3. The molecule has 0 amide bonds. The molecule has 0 saturated carbocycles. The number of sulfone groups is 1. The van der Waals surface area contributed by atoms with E-state index in [4.69, 9.17) is 4.42 Å². The fraction of sp³-hybridized carbons (Fsp3) is 0.267. The van der Waals surface area contributed by atoms with Crippen LogP contribution in [-0.2, 0) is 26.8 Å². The molecule has 0 fully saturated rings. The average Bonchev–Trinajstić information content (AvgIpc) is 2.91. The fourth-order valence-electron chi connectivity index (χ4n) is 2.09. The molecule has 112 valence electrons. The van der Waals surface area contributed by atoms with Gasteiger partial charge in [0, 0.05) is 0 Å². The highest BCUT2D eigenvalue weighted by Gasteiger charge is 2.26. The number of carbonyl (C=O) groups is 1. The molecule has 6 heteroatoms. The summed E-state index contributed by atoms with van der Waals surface area (Å²) in [5, 5.41) is 9.24. The summed E-state index contributed by atoms with van der Waals surface area (Å²) in [6, 6.07) is 12.2. The molecule has 1 heterocycles. The van der Waals surface area contributed by atoms with Crippen molar-refractivity contribution in [2.45, 2.75) is 12.2 Å². The Labute approximate surface area is 123 Å². The van der Waals surface area contributed by atoms with Crippen molar-refractivity contribution in [1.82, 2.24) is 0 Å². The van der Waals surface area contributed by atoms with Crippen LogP contribution in [0.15, 0.2) is 53.1 Å². The molecule has 0 spiro atoms. The molecule has 5 nitrogen and oxygen atoms in total. The Morgan fingerprint density at radius 3 is 2.43 bits per heavy atom. The predicted molar refractivity (Wildman–Crippen MR) is 77.5 cm³/mol. The van der Waals surface area contributed by atoms with Gasteiger partial charge < -0.3 is 9.52 Å². The number of rotatable bonds is 7. The second-order valence-corrected chi connectivity index (χ2v) is 6.97. The van der Waals surface area contributed by atoms with Crippen LogP contribution in [-0.4, -0.2) is 25.2 Å². The standard InChI is InChI=1S/C15H16O5S/c16-15(17)13(9-12-5-2-1-3-6-12)10-21(18,19)11-14-7-4-8-20-14/h1-8,13H,9-11H2,(H,16,17). The molecule has 2 rings (SSSR count). The monoisotopic (exact) mass is 308 g/mol. The van der Waals surface area contributed by atoms with Crippen molar-refractivity contribution in [2.75, 3.05) is 5.75 Å². The zero-order valence-corrected chi connectivity index (χ0v) is 12.1. The minimum absolute atomic E-state index is 0.188. The minimum atomic E-state index is -3.54. The number of hydrogen-bond donors (Lipinski definition) is 1. The third kappa shape index (κ3) is 4.75. The normalized spacial score (nSPS) is 13.0. The van der Waals surface area contributed by atoms with E-state index in [1.54, 1.807) is 36.4 Å². The van der Waals surface area contributed by atoms with Crippen LogP contribution in [0.3, 0.4) is 0 Å².